The Morgan fingerprint density at radius 2 is 1.85 bits per heavy atom. The molecule has 0 saturated carbocycles. The Balaban J connectivity index is 1.57. The van der Waals surface area contributed by atoms with Crippen molar-refractivity contribution in [1.82, 2.24) is 26.2 Å². The molecule has 2 amide bonds. The number of carbonyl (C=O) groups excluding carboxylic acids is 2. The minimum atomic E-state index is -5.51. The number of ether oxygens (including phenoxy) is 1. The molecule has 0 aromatic carbocycles. The highest BCUT2D eigenvalue weighted by atomic mass is 32.1. The highest BCUT2D eigenvalue weighted by Gasteiger charge is 2.53. The summed E-state index contributed by atoms with van der Waals surface area (Å²) >= 11 is 3.95. The van der Waals surface area contributed by atoms with Crippen LogP contribution in [0.4, 0.5) is 0 Å². The fourth-order valence-electron chi connectivity index (χ4n) is 4.52. The Bertz CT molecular complexity index is 1380. The van der Waals surface area contributed by atoms with Gasteiger partial charge in [-0.05, 0) is 0 Å². The number of hydrogen-bond donors (Lipinski definition) is 12. The van der Waals surface area contributed by atoms with Crippen LogP contribution in [0.5, 0.6) is 0 Å². The van der Waals surface area contributed by atoms with Gasteiger partial charge in [0.05, 0.1) is 31.9 Å². The average molecular weight is 772 g/mol. The number of hydrogen-bond acceptors (Lipinski definition) is 18. The van der Waals surface area contributed by atoms with Gasteiger partial charge in [0.2, 0.25) is 11.8 Å². The Hall–Kier alpha value is -1.69. The number of aliphatic hydroxyl groups is 2. The summed E-state index contributed by atoms with van der Waals surface area (Å²) in [4.78, 5) is 68.5. The Morgan fingerprint density at radius 1 is 1.19 bits per heavy atom. The van der Waals surface area contributed by atoms with E-state index in [2.05, 4.69) is 47.7 Å². The maximum absolute atomic E-state index is 12.6. The molecule has 276 valence electrons. The molecule has 48 heavy (non-hydrogen) atoms. The first kappa shape index (κ1) is 40.7. The van der Waals surface area contributed by atoms with E-state index in [-0.39, 0.29) is 31.4 Å². The molecule has 27 heteroatoms. The lowest BCUT2D eigenvalue weighted by molar-refractivity contribution is -0.137. The molecule has 23 nitrogen and oxygen atoms in total. The van der Waals surface area contributed by atoms with Crippen LogP contribution in [0.25, 0.3) is 0 Å². The zero-order valence-corrected chi connectivity index (χ0v) is 29.1. The number of nitrogens with zero attached hydrogens (tertiary/aromatic N) is 2. The van der Waals surface area contributed by atoms with Crippen LogP contribution < -0.4 is 27.0 Å². The van der Waals surface area contributed by atoms with Crippen LogP contribution in [0.1, 0.15) is 20.3 Å². The molecule has 8 atom stereocenters. The van der Waals surface area contributed by atoms with Gasteiger partial charge in [-0.2, -0.15) is 16.9 Å². The fourth-order valence-corrected chi connectivity index (χ4v) is 7.46. The molecule has 3 aliphatic heterocycles. The van der Waals surface area contributed by atoms with Crippen molar-refractivity contribution in [3.8, 4) is 0 Å². The molecule has 0 aromatic rings. The molecule has 0 spiro atoms. The van der Waals surface area contributed by atoms with E-state index >= 15 is 0 Å². The molecule has 3 aliphatic rings. The predicted molar refractivity (Wildman–Crippen MR) is 165 cm³/mol. The monoisotopic (exact) mass is 771 g/mol. The van der Waals surface area contributed by atoms with Gasteiger partial charge in [0.25, 0.3) is 0 Å². The van der Waals surface area contributed by atoms with E-state index in [1.54, 1.807) is 0 Å². The normalized spacial score (nSPS) is 27.7. The van der Waals surface area contributed by atoms with Crippen LogP contribution in [-0.4, -0.2) is 128 Å². The highest BCUT2D eigenvalue weighted by molar-refractivity contribution is 7.80. The average Bonchev–Trinajstić information content (AvgIpc) is 3.54. The number of amides is 2. The molecule has 2 unspecified atom stereocenters. The lowest BCUT2D eigenvalue weighted by Crippen LogP contribution is -2.47. The summed E-state index contributed by atoms with van der Waals surface area (Å²) in [5.74, 6) is -0.679. The van der Waals surface area contributed by atoms with Crippen molar-refractivity contribution in [3.63, 3.8) is 0 Å². The number of nitrogens with two attached hydrogens (primary N) is 1. The molecule has 0 radical (unpaired) electrons. The summed E-state index contributed by atoms with van der Waals surface area (Å²) in [6.07, 6.45) is -8.12. The van der Waals surface area contributed by atoms with E-state index in [1.807, 2.05) is 0 Å². The van der Waals surface area contributed by atoms with Crippen LogP contribution in [0.15, 0.2) is 16.5 Å². The van der Waals surface area contributed by atoms with Gasteiger partial charge >= 0.3 is 23.5 Å². The Labute approximate surface area is 279 Å². The van der Waals surface area contributed by atoms with E-state index in [9.17, 15) is 53.1 Å². The minimum absolute atomic E-state index is 0.00906. The number of aliphatic hydroxyl groups excluding tert-OH is 2. The fraction of sp³-hybridized carbons (Fsp3) is 0.762. The van der Waals surface area contributed by atoms with Gasteiger partial charge in [-0.3, -0.25) is 23.2 Å². The molecule has 2 saturated heterocycles. The van der Waals surface area contributed by atoms with Crippen molar-refractivity contribution in [2.45, 2.75) is 57.1 Å². The number of thiol groups is 1. The molecule has 3 heterocycles. The third kappa shape index (κ3) is 11.4. The van der Waals surface area contributed by atoms with E-state index in [0.717, 1.165) is 0 Å². The van der Waals surface area contributed by atoms with Gasteiger partial charge in [-0.25, -0.2) is 23.6 Å². The van der Waals surface area contributed by atoms with Gasteiger partial charge in [0.1, 0.15) is 36.5 Å². The topological polar surface area (TPSA) is 343 Å². The second kappa shape index (κ2) is 16.6. The van der Waals surface area contributed by atoms with Crippen LogP contribution in [-0.2, 0) is 45.9 Å². The number of phosphoric acid groups is 3. The molecule has 12 N–H and O–H groups in total. The van der Waals surface area contributed by atoms with E-state index in [1.165, 1.54) is 25.1 Å². The lowest BCUT2D eigenvalue weighted by Gasteiger charge is -2.30. The SMILES string of the molecule is CC(C)(COP(=O)(O)OP(=O)(O)OC[C@H]1O[C@@H](N2CNC3=C(N)NC=N[C@@H]32)[C@@H](O)[C@@H]1OP(=O)(O)O)[C@@H](O)C(=O)NCCC(=O)NCCS. The van der Waals surface area contributed by atoms with Crippen molar-refractivity contribution >= 4 is 54.2 Å². The summed E-state index contributed by atoms with van der Waals surface area (Å²) in [5.41, 5.74) is 4.72. The predicted octanol–water partition coefficient (Wildman–Crippen LogP) is -3.31. The lowest BCUT2D eigenvalue weighted by atomic mass is 9.87. The molecule has 0 bridgehead atoms. The van der Waals surface area contributed by atoms with Crippen LogP contribution >= 0.6 is 36.1 Å². The van der Waals surface area contributed by atoms with Crippen molar-refractivity contribution in [3.05, 3.63) is 11.5 Å². The first-order valence-electron chi connectivity index (χ1n) is 14.0. The van der Waals surface area contributed by atoms with Crippen molar-refractivity contribution in [2.75, 3.05) is 38.7 Å². The number of aliphatic imine (C=N–C) groups is 1. The van der Waals surface area contributed by atoms with Crippen molar-refractivity contribution < 1.29 is 75.7 Å². The first-order valence-corrected chi connectivity index (χ1v) is 19.2. The number of nitrogens with one attached hydrogen (secondary N) is 4. The molecular formula is C21H40N7O16P3S. The second-order valence-electron chi connectivity index (χ2n) is 11.2. The minimum Gasteiger partial charge on any atom is -0.386 e. The molecule has 0 aliphatic carbocycles. The third-order valence-electron chi connectivity index (χ3n) is 6.93. The zero-order chi connectivity index (χ0) is 36.1. The van der Waals surface area contributed by atoms with Crippen LogP contribution in [0, 0.1) is 5.41 Å². The highest BCUT2D eigenvalue weighted by Crippen LogP contribution is 2.61. The van der Waals surface area contributed by atoms with E-state index in [4.69, 9.17) is 19.5 Å². The number of fused-ring (bicyclic) bond motifs is 1. The first-order chi connectivity index (χ1) is 22.2. The quantitative estimate of drug-likeness (QED) is 0.0479. The molecular weight excluding hydrogens is 731 g/mol. The van der Waals surface area contributed by atoms with Gasteiger partial charge in [0, 0.05) is 30.7 Å². The van der Waals surface area contributed by atoms with Gasteiger partial charge in [0.15, 0.2) is 6.17 Å². The number of phosphoric ester groups is 3. The summed E-state index contributed by atoms with van der Waals surface area (Å²) in [6.45, 7) is 0.791. The van der Waals surface area contributed by atoms with Crippen LogP contribution in [0.2, 0.25) is 0 Å². The second-order valence-corrected chi connectivity index (χ2v) is 15.9. The van der Waals surface area contributed by atoms with Crippen LogP contribution in [0.3, 0.4) is 0 Å². The van der Waals surface area contributed by atoms with Gasteiger partial charge < -0.3 is 61.5 Å². The third-order valence-corrected chi connectivity index (χ3v) is 10.3. The van der Waals surface area contributed by atoms with E-state index in [0.29, 0.717) is 18.0 Å². The van der Waals surface area contributed by atoms with Gasteiger partial charge in [-0.15, -0.1) is 0 Å². The summed E-state index contributed by atoms with van der Waals surface area (Å²) in [5, 5.41) is 31.8. The Kier molecular flexibility index (Phi) is 14.0. The maximum Gasteiger partial charge on any atom is 0.481 e. The summed E-state index contributed by atoms with van der Waals surface area (Å²) < 4.78 is 60.8. The number of rotatable bonds is 18. The van der Waals surface area contributed by atoms with Gasteiger partial charge in [-0.1, -0.05) is 13.8 Å². The molecule has 3 rings (SSSR count). The number of carbonyl (C=O) groups is 2. The zero-order valence-electron chi connectivity index (χ0n) is 25.5. The van der Waals surface area contributed by atoms with Crippen molar-refractivity contribution in [1.29, 1.82) is 0 Å². The largest absolute Gasteiger partial charge is 0.481 e. The maximum atomic E-state index is 12.6. The van der Waals surface area contributed by atoms with E-state index < -0.39 is 84.8 Å². The summed E-state index contributed by atoms with van der Waals surface area (Å²) in [6, 6.07) is 0. The molecule has 2 fully saturated rings. The van der Waals surface area contributed by atoms with Crippen molar-refractivity contribution in [2.24, 2.45) is 16.1 Å². The summed E-state index contributed by atoms with van der Waals surface area (Å²) in [7, 11) is -16.2. The molecule has 0 aromatic heterocycles. The smallest absolute Gasteiger partial charge is 0.386 e. The Morgan fingerprint density at radius 3 is 2.50 bits per heavy atom. The standard InChI is InChI=1S/C21H40N7O16P3S/c1-21(2,16(31)19(32)24-4-3-12(29)23-5-6-48)8-41-47(38,39)44-46(36,37)40-7-11-15(43-45(33,34)35)14(30)20(42-11)28-10-27-13-17(22)25-9-26-18(13)28/h9,11,14-16,18,20,27,30-31,48H,3-8,10,22H2,1-2H3,(H,23,29)(H,24,32)(H,25,26)(H,36,37)(H,38,39)(H2,33,34,35)/t11-,14+,15-,16+,18-,20-/m1/s1.